The maximum Gasteiger partial charge on any atom is 0.298 e. The summed E-state index contributed by atoms with van der Waals surface area (Å²) in [5.74, 6) is -3.82. The number of carbonyl (C=O) groups excluding carboxylic acids is 2. The average Bonchev–Trinajstić information content (AvgIpc) is 3.69. The molecule has 1 saturated heterocycles. The molecule has 11 heteroatoms. The minimum absolute atomic E-state index is 0.0283. The molecular weight excluding hydrogens is 554 g/mol. The monoisotopic (exact) mass is 582 g/mol. The first-order valence-corrected chi connectivity index (χ1v) is 13.9. The Morgan fingerprint density at radius 3 is 2.56 bits per heavy atom. The lowest BCUT2D eigenvalue weighted by Gasteiger charge is -2.34. The van der Waals surface area contributed by atoms with Gasteiger partial charge in [-0.25, -0.2) is 0 Å². The van der Waals surface area contributed by atoms with Crippen LogP contribution in [0.2, 0.25) is 0 Å². The van der Waals surface area contributed by atoms with Crippen LogP contribution in [0.4, 0.5) is 20.2 Å². The normalized spacial score (nSPS) is 18.2. The molecule has 2 N–H and O–H groups in total. The molecular formula is C32H28F2N6O3. The van der Waals surface area contributed by atoms with Crippen molar-refractivity contribution in [2.75, 3.05) is 23.3 Å². The average molecular weight is 583 g/mol. The number of rotatable bonds is 7. The second-order valence-corrected chi connectivity index (χ2v) is 10.6. The number of ether oxygens (including phenoxy) is 1. The molecule has 0 spiro atoms. The van der Waals surface area contributed by atoms with E-state index in [0.717, 1.165) is 13.0 Å². The first kappa shape index (κ1) is 28.1. The third kappa shape index (κ3) is 5.33. The SMILES string of the molecule is C[C@H]1Cn2ncc(C(=O)Nc3ccc(O[C@H]4CCNC4)c(C#N)c3)c2C(=O)N1c1ccc(C(F)(F)c2ccccc2)cc1. The van der Waals surface area contributed by atoms with Gasteiger partial charge < -0.3 is 20.3 Å². The number of carbonyl (C=O) groups is 2. The van der Waals surface area contributed by atoms with Crippen molar-refractivity contribution in [3.8, 4) is 11.8 Å². The molecule has 6 rings (SSSR count). The predicted molar refractivity (Wildman–Crippen MR) is 155 cm³/mol. The van der Waals surface area contributed by atoms with Gasteiger partial charge in [-0.05, 0) is 50.2 Å². The van der Waals surface area contributed by atoms with E-state index in [1.807, 2.05) is 6.92 Å². The Balaban J connectivity index is 1.22. The number of nitriles is 1. The number of hydrogen-bond acceptors (Lipinski definition) is 6. The summed E-state index contributed by atoms with van der Waals surface area (Å²) in [7, 11) is 0. The number of alkyl halides is 2. The van der Waals surface area contributed by atoms with Crippen LogP contribution < -0.4 is 20.3 Å². The maximum atomic E-state index is 15.1. The van der Waals surface area contributed by atoms with Crippen LogP contribution in [0.25, 0.3) is 0 Å². The number of halogens is 2. The molecule has 1 fully saturated rings. The fourth-order valence-corrected chi connectivity index (χ4v) is 5.48. The minimum atomic E-state index is -3.20. The molecule has 2 atom stereocenters. The standard InChI is InChI=1S/C32H28F2N6O3/c1-20-19-39-29(31(42)40(20)25-10-7-23(8-11-25)32(33,34)22-5-3-2-4-6-22)27(18-37-39)30(41)38-24-9-12-28(21(15-24)16-35)43-26-13-14-36-17-26/h2-12,15,18,20,26,36H,13-14,17,19H2,1H3,(H,38,41)/t20-,26-/m0/s1. The number of hydrogen-bond donors (Lipinski definition) is 2. The second kappa shape index (κ2) is 11.3. The number of amides is 2. The van der Waals surface area contributed by atoms with Gasteiger partial charge in [0, 0.05) is 29.0 Å². The zero-order valence-electron chi connectivity index (χ0n) is 23.3. The number of nitrogens with zero attached hydrogens (tertiary/aromatic N) is 4. The zero-order valence-corrected chi connectivity index (χ0v) is 23.3. The van der Waals surface area contributed by atoms with Crippen molar-refractivity contribution >= 4 is 23.2 Å². The van der Waals surface area contributed by atoms with Crippen molar-refractivity contribution in [2.24, 2.45) is 0 Å². The summed E-state index contributed by atoms with van der Waals surface area (Å²) in [6.45, 7) is 3.67. The van der Waals surface area contributed by atoms with Gasteiger partial charge in [0.05, 0.1) is 29.9 Å². The Morgan fingerprint density at radius 1 is 1.12 bits per heavy atom. The Labute approximate surface area is 246 Å². The summed E-state index contributed by atoms with van der Waals surface area (Å²) >= 11 is 0. The molecule has 2 amide bonds. The van der Waals surface area contributed by atoms with E-state index in [9.17, 15) is 14.9 Å². The van der Waals surface area contributed by atoms with Crippen molar-refractivity contribution in [1.29, 1.82) is 5.26 Å². The molecule has 1 aromatic heterocycles. The first-order chi connectivity index (χ1) is 20.8. The van der Waals surface area contributed by atoms with Gasteiger partial charge in [-0.3, -0.25) is 14.3 Å². The highest BCUT2D eigenvalue weighted by Crippen LogP contribution is 2.37. The van der Waals surface area contributed by atoms with E-state index >= 15 is 8.78 Å². The molecule has 0 unspecified atom stereocenters. The van der Waals surface area contributed by atoms with Crippen LogP contribution in [0.1, 0.15) is 50.9 Å². The van der Waals surface area contributed by atoms with Crippen molar-refractivity contribution in [2.45, 2.75) is 38.0 Å². The highest BCUT2D eigenvalue weighted by Gasteiger charge is 2.37. The number of benzene rings is 3. The number of nitrogens with one attached hydrogen (secondary N) is 2. The maximum absolute atomic E-state index is 15.1. The minimum Gasteiger partial charge on any atom is -0.488 e. The van der Waals surface area contributed by atoms with Gasteiger partial charge >= 0.3 is 0 Å². The van der Waals surface area contributed by atoms with Crippen LogP contribution in [0.3, 0.4) is 0 Å². The van der Waals surface area contributed by atoms with Crippen LogP contribution >= 0.6 is 0 Å². The molecule has 0 bridgehead atoms. The van der Waals surface area contributed by atoms with Gasteiger partial charge in [0.15, 0.2) is 0 Å². The lowest BCUT2D eigenvalue weighted by atomic mass is 9.99. The van der Waals surface area contributed by atoms with E-state index in [4.69, 9.17) is 4.74 Å². The van der Waals surface area contributed by atoms with Crippen molar-refractivity contribution in [3.63, 3.8) is 0 Å². The fraction of sp³-hybridized carbons (Fsp3) is 0.250. The summed E-state index contributed by atoms with van der Waals surface area (Å²) in [5, 5.41) is 19.9. The molecule has 0 saturated carbocycles. The summed E-state index contributed by atoms with van der Waals surface area (Å²) in [5.41, 5.74) is 0.891. The van der Waals surface area contributed by atoms with Gasteiger partial charge in [0.1, 0.15) is 23.6 Å². The van der Waals surface area contributed by atoms with Gasteiger partial charge in [-0.15, -0.1) is 0 Å². The zero-order chi connectivity index (χ0) is 30.1. The van der Waals surface area contributed by atoms with Crippen LogP contribution in [0, 0.1) is 11.3 Å². The number of aromatic nitrogens is 2. The van der Waals surface area contributed by atoms with Crippen molar-refractivity contribution < 1.29 is 23.1 Å². The highest BCUT2D eigenvalue weighted by molar-refractivity contribution is 6.15. The molecule has 3 heterocycles. The largest absolute Gasteiger partial charge is 0.488 e. The van der Waals surface area contributed by atoms with E-state index in [0.29, 0.717) is 30.2 Å². The molecule has 2 aliphatic heterocycles. The summed E-state index contributed by atoms with van der Waals surface area (Å²) in [6.07, 6.45) is 2.14. The van der Waals surface area contributed by atoms with E-state index in [1.165, 1.54) is 58.2 Å². The number of anilines is 2. The lowest BCUT2D eigenvalue weighted by Crippen LogP contribution is -2.47. The Morgan fingerprint density at radius 2 is 1.86 bits per heavy atom. The number of fused-ring (bicyclic) bond motifs is 1. The van der Waals surface area contributed by atoms with Crippen LogP contribution in [0.5, 0.6) is 5.75 Å². The van der Waals surface area contributed by atoms with Gasteiger partial charge in [0.2, 0.25) is 0 Å². The summed E-state index contributed by atoms with van der Waals surface area (Å²) in [6, 6.07) is 19.7. The molecule has 0 radical (unpaired) electrons. The van der Waals surface area contributed by atoms with Gasteiger partial charge in [-0.2, -0.15) is 19.1 Å². The first-order valence-electron chi connectivity index (χ1n) is 13.9. The summed E-state index contributed by atoms with van der Waals surface area (Å²) in [4.78, 5) is 28.6. The fourth-order valence-electron chi connectivity index (χ4n) is 5.48. The molecule has 2 aliphatic rings. The molecule has 9 nitrogen and oxygen atoms in total. The Hall–Kier alpha value is -5.08. The molecule has 4 aromatic rings. The topological polar surface area (TPSA) is 112 Å². The quantitative estimate of drug-likeness (QED) is 0.320. The van der Waals surface area contributed by atoms with Gasteiger partial charge in [-0.1, -0.05) is 42.5 Å². The summed E-state index contributed by atoms with van der Waals surface area (Å²) < 4.78 is 37.6. The third-order valence-corrected chi connectivity index (χ3v) is 7.69. The van der Waals surface area contributed by atoms with Crippen molar-refractivity contribution in [1.82, 2.24) is 15.1 Å². The molecule has 0 aliphatic carbocycles. The molecule has 43 heavy (non-hydrogen) atoms. The van der Waals surface area contributed by atoms with E-state index in [-0.39, 0.29) is 40.1 Å². The van der Waals surface area contributed by atoms with Crippen LogP contribution in [-0.2, 0) is 12.5 Å². The third-order valence-electron chi connectivity index (χ3n) is 7.69. The van der Waals surface area contributed by atoms with E-state index in [1.54, 1.807) is 30.3 Å². The molecule has 218 valence electrons. The van der Waals surface area contributed by atoms with E-state index < -0.39 is 17.7 Å². The van der Waals surface area contributed by atoms with E-state index in [2.05, 4.69) is 21.8 Å². The second-order valence-electron chi connectivity index (χ2n) is 10.6. The van der Waals surface area contributed by atoms with Crippen molar-refractivity contribution in [3.05, 3.63) is 107 Å². The van der Waals surface area contributed by atoms with Crippen LogP contribution in [0.15, 0.2) is 79.0 Å². The Kier molecular flexibility index (Phi) is 7.38. The molecule has 3 aromatic carbocycles. The van der Waals surface area contributed by atoms with Gasteiger partial charge in [0.25, 0.3) is 17.7 Å². The van der Waals surface area contributed by atoms with Crippen LogP contribution in [-0.4, -0.2) is 46.8 Å². The predicted octanol–water partition coefficient (Wildman–Crippen LogP) is 4.94. The Bertz CT molecular complexity index is 1710. The lowest BCUT2D eigenvalue weighted by molar-refractivity contribution is 0.0428. The highest BCUT2D eigenvalue weighted by atomic mass is 19.3. The smallest absolute Gasteiger partial charge is 0.298 e.